The molecule has 1 saturated heterocycles. The van der Waals surface area contributed by atoms with E-state index in [9.17, 15) is 4.79 Å². The van der Waals surface area contributed by atoms with Gasteiger partial charge in [-0.05, 0) is 12.1 Å². The van der Waals surface area contributed by atoms with Gasteiger partial charge in [0.1, 0.15) is 0 Å². The molecular formula is C13H13NO2. The van der Waals surface area contributed by atoms with Gasteiger partial charge in [-0.2, -0.15) is 0 Å². The quantitative estimate of drug-likeness (QED) is 0.748. The van der Waals surface area contributed by atoms with Crippen LogP contribution in [0.4, 0.5) is 5.69 Å². The monoisotopic (exact) mass is 215 g/mol. The number of hydrogen-bond donors (Lipinski definition) is 1. The van der Waals surface area contributed by atoms with Crippen LogP contribution in [0.15, 0.2) is 24.3 Å². The maximum Gasteiger partial charge on any atom is 0.227 e. The smallest absolute Gasteiger partial charge is 0.227 e. The number of para-hydroxylation sites is 1. The van der Waals surface area contributed by atoms with Crippen LogP contribution in [-0.2, 0) is 4.79 Å². The molecule has 1 heterocycles. The maximum absolute atomic E-state index is 11.8. The molecular weight excluding hydrogens is 202 g/mol. The number of carbonyl (C=O) groups excluding carboxylic acids is 1. The van der Waals surface area contributed by atoms with Crippen LogP contribution in [0.2, 0.25) is 0 Å². The van der Waals surface area contributed by atoms with Crippen molar-refractivity contribution in [2.75, 3.05) is 18.1 Å². The van der Waals surface area contributed by atoms with Gasteiger partial charge >= 0.3 is 0 Å². The van der Waals surface area contributed by atoms with Crippen molar-refractivity contribution in [2.24, 2.45) is 5.92 Å². The molecule has 3 nitrogen and oxygen atoms in total. The van der Waals surface area contributed by atoms with Gasteiger partial charge in [-0.15, -0.1) is 6.42 Å². The predicted molar refractivity (Wildman–Crippen MR) is 61.9 cm³/mol. The number of anilines is 1. The predicted octanol–water partition coefficient (Wildman–Crippen LogP) is 1.01. The Morgan fingerprint density at radius 3 is 2.88 bits per heavy atom. The fourth-order valence-corrected chi connectivity index (χ4v) is 1.97. The second-order valence-electron chi connectivity index (χ2n) is 3.92. The molecule has 0 radical (unpaired) electrons. The summed E-state index contributed by atoms with van der Waals surface area (Å²) in [5, 5.41) is 9.06. The zero-order valence-electron chi connectivity index (χ0n) is 8.89. The van der Waals surface area contributed by atoms with E-state index < -0.39 is 0 Å². The second-order valence-corrected chi connectivity index (χ2v) is 3.92. The number of hydrogen-bond acceptors (Lipinski definition) is 2. The van der Waals surface area contributed by atoms with Crippen molar-refractivity contribution in [3.63, 3.8) is 0 Å². The minimum Gasteiger partial charge on any atom is -0.396 e. The van der Waals surface area contributed by atoms with Gasteiger partial charge in [-0.1, -0.05) is 18.1 Å². The lowest BCUT2D eigenvalue weighted by Crippen LogP contribution is -2.25. The van der Waals surface area contributed by atoms with Crippen LogP contribution in [-0.4, -0.2) is 24.2 Å². The molecule has 3 heteroatoms. The number of terminal acetylenes is 1. The van der Waals surface area contributed by atoms with E-state index in [1.807, 2.05) is 24.3 Å². The molecule has 1 aromatic carbocycles. The van der Waals surface area contributed by atoms with E-state index in [-0.39, 0.29) is 18.4 Å². The third-order valence-electron chi connectivity index (χ3n) is 2.81. The lowest BCUT2D eigenvalue weighted by atomic mass is 10.1. The Kier molecular flexibility index (Phi) is 2.93. The summed E-state index contributed by atoms with van der Waals surface area (Å²) in [6.07, 6.45) is 5.79. The van der Waals surface area contributed by atoms with E-state index in [1.54, 1.807) is 4.90 Å². The molecule has 0 saturated carbocycles. The van der Waals surface area contributed by atoms with Crippen molar-refractivity contribution in [1.82, 2.24) is 0 Å². The zero-order chi connectivity index (χ0) is 11.5. The Labute approximate surface area is 94.7 Å². The van der Waals surface area contributed by atoms with E-state index >= 15 is 0 Å². The number of nitrogens with zero attached hydrogens (tertiary/aromatic N) is 1. The summed E-state index contributed by atoms with van der Waals surface area (Å²) in [4.78, 5) is 13.4. The summed E-state index contributed by atoms with van der Waals surface area (Å²) >= 11 is 0. The van der Waals surface area contributed by atoms with E-state index in [1.165, 1.54) is 0 Å². The summed E-state index contributed by atoms with van der Waals surface area (Å²) in [5.41, 5.74) is 1.49. The molecule has 1 fully saturated rings. The third-order valence-corrected chi connectivity index (χ3v) is 2.81. The van der Waals surface area contributed by atoms with Crippen LogP contribution >= 0.6 is 0 Å². The molecule has 1 aromatic rings. The molecule has 1 N–H and O–H groups in total. The molecule has 0 spiro atoms. The highest BCUT2D eigenvalue weighted by molar-refractivity contribution is 5.97. The third kappa shape index (κ3) is 1.80. The number of carbonyl (C=O) groups is 1. The van der Waals surface area contributed by atoms with Crippen LogP contribution in [0.5, 0.6) is 0 Å². The van der Waals surface area contributed by atoms with Crippen molar-refractivity contribution < 1.29 is 9.90 Å². The van der Waals surface area contributed by atoms with Gasteiger partial charge in [0.25, 0.3) is 0 Å². The fourth-order valence-electron chi connectivity index (χ4n) is 1.97. The number of aliphatic hydroxyl groups excluding tert-OH is 1. The molecule has 1 unspecified atom stereocenters. The summed E-state index contributed by atoms with van der Waals surface area (Å²) in [6, 6.07) is 7.36. The lowest BCUT2D eigenvalue weighted by Gasteiger charge is -2.18. The van der Waals surface area contributed by atoms with Gasteiger partial charge in [0.05, 0.1) is 5.69 Å². The highest BCUT2D eigenvalue weighted by Gasteiger charge is 2.30. The number of benzene rings is 1. The normalized spacial score (nSPS) is 19.9. The minimum absolute atomic E-state index is 0.0262. The Balaban J connectivity index is 2.32. The van der Waals surface area contributed by atoms with Gasteiger partial charge in [0, 0.05) is 31.1 Å². The molecule has 1 aliphatic rings. The summed E-state index contributed by atoms with van der Waals surface area (Å²) in [6.45, 7) is 0.592. The molecule has 0 aromatic heterocycles. The Hall–Kier alpha value is -1.79. The first-order chi connectivity index (χ1) is 7.76. The van der Waals surface area contributed by atoms with Crippen molar-refractivity contribution in [1.29, 1.82) is 0 Å². The Bertz CT molecular complexity index is 447. The SMILES string of the molecule is C#Cc1ccccc1N1CC(CO)CC1=O. The molecule has 82 valence electrons. The molecule has 1 amide bonds. The van der Waals surface area contributed by atoms with Gasteiger partial charge < -0.3 is 10.0 Å². The summed E-state index contributed by atoms with van der Waals surface area (Å²) < 4.78 is 0. The van der Waals surface area contributed by atoms with Crippen LogP contribution < -0.4 is 4.90 Å². The van der Waals surface area contributed by atoms with Crippen LogP contribution in [0.3, 0.4) is 0 Å². The fraction of sp³-hybridized carbons (Fsp3) is 0.308. The first-order valence-corrected chi connectivity index (χ1v) is 5.23. The van der Waals surface area contributed by atoms with E-state index in [0.717, 1.165) is 11.3 Å². The van der Waals surface area contributed by atoms with E-state index in [4.69, 9.17) is 11.5 Å². The van der Waals surface area contributed by atoms with Crippen molar-refractivity contribution in [3.05, 3.63) is 29.8 Å². The number of aliphatic hydroxyl groups is 1. The molecule has 1 atom stereocenters. The molecule has 0 bridgehead atoms. The van der Waals surface area contributed by atoms with Crippen molar-refractivity contribution in [2.45, 2.75) is 6.42 Å². The first kappa shape index (κ1) is 10.7. The van der Waals surface area contributed by atoms with E-state index in [0.29, 0.717) is 13.0 Å². The summed E-state index contributed by atoms with van der Waals surface area (Å²) in [7, 11) is 0. The zero-order valence-corrected chi connectivity index (χ0v) is 8.89. The van der Waals surface area contributed by atoms with Crippen molar-refractivity contribution >= 4 is 11.6 Å². The topological polar surface area (TPSA) is 40.5 Å². The van der Waals surface area contributed by atoms with E-state index in [2.05, 4.69) is 5.92 Å². The molecule has 16 heavy (non-hydrogen) atoms. The van der Waals surface area contributed by atoms with Crippen LogP contribution in [0, 0.1) is 18.3 Å². The lowest BCUT2D eigenvalue weighted by molar-refractivity contribution is -0.117. The second kappa shape index (κ2) is 4.38. The Morgan fingerprint density at radius 1 is 1.50 bits per heavy atom. The Morgan fingerprint density at radius 2 is 2.25 bits per heavy atom. The maximum atomic E-state index is 11.8. The minimum atomic E-state index is 0.0262. The first-order valence-electron chi connectivity index (χ1n) is 5.23. The molecule has 2 rings (SSSR count). The van der Waals surface area contributed by atoms with Gasteiger partial charge in [0.2, 0.25) is 5.91 Å². The average Bonchev–Trinajstić information content (AvgIpc) is 2.70. The van der Waals surface area contributed by atoms with Gasteiger partial charge in [-0.3, -0.25) is 4.79 Å². The number of rotatable bonds is 2. The van der Waals surface area contributed by atoms with Gasteiger partial charge in [-0.25, -0.2) is 0 Å². The molecule has 0 aliphatic carbocycles. The average molecular weight is 215 g/mol. The van der Waals surface area contributed by atoms with Crippen molar-refractivity contribution in [3.8, 4) is 12.3 Å². The summed E-state index contributed by atoms with van der Waals surface area (Å²) in [5.74, 6) is 2.63. The standard InChI is InChI=1S/C13H13NO2/c1-2-11-5-3-4-6-12(11)14-8-10(9-15)7-13(14)16/h1,3-6,10,15H,7-9H2. The highest BCUT2D eigenvalue weighted by Crippen LogP contribution is 2.27. The van der Waals surface area contributed by atoms with Gasteiger partial charge in [0.15, 0.2) is 0 Å². The highest BCUT2D eigenvalue weighted by atomic mass is 16.3. The largest absolute Gasteiger partial charge is 0.396 e. The van der Waals surface area contributed by atoms with Crippen LogP contribution in [0.25, 0.3) is 0 Å². The van der Waals surface area contributed by atoms with Crippen LogP contribution in [0.1, 0.15) is 12.0 Å². The number of amides is 1. The molecule has 1 aliphatic heterocycles.